The van der Waals surface area contributed by atoms with Crippen LogP contribution in [0.15, 0.2) is 0 Å². The van der Waals surface area contributed by atoms with Crippen molar-refractivity contribution in [3.8, 4) is 0 Å². The van der Waals surface area contributed by atoms with Crippen molar-refractivity contribution in [2.45, 2.75) is 71.9 Å². The lowest BCUT2D eigenvalue weighted by Gasteiger charge is -2.48. The highest BCUT2D eigenvalue weighted by atomic mass is 16.4. The average molecular weight is 253 g/mol. The van der Waals surface area contributed by atoms with Gasteiger partial charge < -0.3 is 10.4 Å². The summed E-state index contributed by atoms with van der Waals surface area (Å²) in [6.45, 7) is 9.33. The van der Waals surface area contributed by atoms with E-state index in [2.05, 4.69) is 33.0 Å². The second-order valence-electron chi connectivity index (χ2n) is 7.91. The monoisotopic (exact) mass is 253 g/mol. The van der Waals surface area contributed by atoms with Crippen LogP contribution in [0.4, 0.5) is 0 Å². The molecule has 0 spiro atoms. The molecule has 18 heavy (non-hydrogen) atoms. The van der Waals surface area contributed by atoms with Crippen molar-refractivity contribution in [1.29, 1.82) is 0 Å². The molecule has 2 aliphatic rings. The first-order chi connectivity index (χ1) is 8.19. The Morgan fingerprint density at radius 3 is 2.06 bits per heavy atom. The predicted molar refractivity (Wildman–Crippen MR) is 72.5 cm³/mol. The van der Waals surface area contributed by atoms with Crippen LogP contribution in [-0.4, -0.2) is 23.2 Å². The molecule has 2 unspecified atom stereocenters. The zero-order chi connectivity index (χ0) is 13.6. The Hall–Kier alpha value is -0.570. The fraction of sp³-hybridized carbons (Fsp3) is 0.933. The number of rotatable bonds is 3. The molecule has 3 heteroatoms. The van der Waals surface area contributed by atoms with Crippen molar-refractivity contribution in [2.75, 3.05) is 0 Å². The molecule has 104 valence electrons. The lowest BCUT2D eigenvalue weighted by Crippen LogP contribution is -2.54. The highest BCUT2D eigenvalue weighted by molar-refractivity contribution is 5.72. The highest BCUT2D eigenvalue weighted by Gasteiger charge is 2.42. The van der Waals surface area contributed by atoms with Crippen molar-refractivity contribution in [1.82, 2.24) is 5.32 Å². The zero-order valence-electron chi connectivity index (χ0n) is 12.1. The van der Waals surface area contributed by atoms with Gasteiger partial charge in [-0.3, -0.25) is 4.79 Å². The Kier molecular flexibility index (Phi) is 3.48. The molecule has 2 atom stereocenters. The summed E-state index contributed by atoms with van der Waals surface area (Å²) >= 11 is 0. The topological polar surface area (TPSA) is 49.3 Å². The number of carboxylic acids is 1. The van der Waals surface area contributed by atoms with Crippen LogP contribution in [0, 0.1) is 16.7 Å². The maximum absolute atomic E-state index is 11.0. The van der Waals surface area contributed by atoms with Crippen molar-refractivity contribution < 1.29 is 9.90 Å². The van der Waals surface area contributed by atoms with E-state index in [-0.39, 0.29) is 12.0 Å². The van der Waals surface area contributed by atoms with Crippen molar-refractivity contribution >= 4 is 5.97 Å². The summed E-state index contributed by atoms with van der Waals surface area (Å²) in [6.07, 6.45) is 5.45. The van der Waals surface area contributed by atoms with Gasteiger partial charge in [-0.05, 0) is 42.9 Å². The van der Waals surface area contributed by atoms with E-state index >= 15 is 0 Å². The molecule has 0 aromatic rings. The first-order valence-corrected chi connectivity index (χ1v) is 7.17. The van der Waals surface area contributed by atoms with Crippen LogP contribution in [0.2, 0.25) is 0 Å². The second kappa shape index (κ2) is 4.52. The van der Waals surface area contributed by atoms with Gasteiger partial charge in [0.05, 0.1) is 5.92 Å². The zero-order valence-corrected chi connectivity index (χ0v) is 12.1. The van der Waals surface area contributed by atoms with E-state index in [1.807, 2.05) is 0 Å². The maximum Gasteiger partial charge on any atom is 0.308 e. The van der Waals surface area contributed by atoms with E-state index in [1.54, 1.807) is 0 Å². The second-order valence-corrected chi connectivity index (χ2v) is 7.91. The summed E-state index contributed by atoms with van der Waals surface area (Å²) in [5.74, 6) is -0.786. The standard InChI is InChI=1S/C15H27NO2/c1-14(2)7-10(8-15(3,4)9-14)16-12-6-5-11(12)13(17)18/h10-12,16H,5-9H2,1-4H3,(H,17,18). The molecular weight excluding hydrogens is 226 g/mol. The summed E-state index contributed by atoms with van der Waals surface area (Å²) in [5.41, 5.74) is 0.726. The molecule has 0 radical (unpaired) electrons. The number of hydrogen-bond acceptors (Lipinski definition) is 2. The molecular formula is C15H27NO2. The molecule has 0 aliphatic heterocycles. The van der Waals surface area contributed by atoms with Crippen LogP contribution in [0.25, 0.3) is 0 Å². The predicted octanol–water partition coefficient (Wildman–Crippen LogP) is 3.04. The lowest BCUT2D eigenvalue weighted by molar-refractivity contribution is -0.146. The minimum atomic E-state index is -0.631. The molecule has 2 aliphatic carbocycles. The summed E-state index contributed by atoms with van der Waals surface area (Å²) in [4.78, 5) is 11.0. The van der Waals surface area contributed by atoms with Crippen LogP contribution >= 0.6 is 0 Å². The van der Waals surface area contributed by atoms with Crippen LogP contribution in [-0.2, 0) is 4.79 Å². The SMILES string of the molecule is CC1(C)CC(NC2CCC2C(=O)O)CC(C)(C)C1. The first-order valence-electron chi connectivity index (χ1n) is 7.17. The average Bonchev–Trinajstić information content (AvgIpc) is 2.05. The van der Waals surface area contributed by atoms with E-state index in [9.17, 15) is 4.79 Å². The van der Waals surface area contributed by atoms with E-state index in [0.717, 1.165) is 12.8 Å². The molecule has 0 saturated heterocycles. The molecule has 0 aromatic heterocycles. The van der Waals surface area contributed by atoms with Crippen molar-refractivity contribution in [2.24, 2.45) is 16.7 Å². The van der Waals surface area contributed by atoms with E-state index in [0.29, 0.717) is 16.9 Å². The molecule has 0 bridgehead atoms. The van der Waals surface area contributed by atoms with Gasteiger partial charge in [0.25, 0.3) is 0 Å². The third kappa shape index (κ3) is 3.05. The van der Waals surface area contributed by atoms with Crippen molar-refractivity contribution in [3.63, 3.8) is 0 Å². The van der Waals surface area contributed by atoms with Gasteiger partial charge in [-0.2, -0.15) is 0 Å². The molecule has 0 aromatic carbocycles. The van der Waals surface area contributed by atoms with Gasteiger partial charge in [0.2, 0.25) is 0 Å². The minimum absolute atomic E-state index is 0.154. The third-order valence-corrected chi connectivity index (χ3v) is 4.60. The molecule has 0 amide bonds. The fourth-order valence-corrected chi connectivity index (χ4v) is 4.26. The van der Waals surface area contributed by atoms with Crippen LogP contribution in [0.5, 0.6) is 0 Å². The number of hydrogen-bond donors (Lipinski definition) is 2. The number of aliphatic carboxylic acids is 1. The first kappa shape index (κ1) is 13.9. The minimum Gasteiger partial charge on any atom is -0.481 e. The lowest BCUT2D eigenvalue weighted by atomic mass is 9.63. The van der Waals surface area contributed by atoms with E-state index in [4.69, 9.17) is 5.11 Å². The molecule has 2 N–H and O–H groups in total. The van der Waals surface area contributed by atoms with Gasteiger partial charge in [-0.1, -0.05) is 27.7 Å². The summed E-state index contributed by atoms with van der Waals surface area (Å²) in [6, 6.07) is 0.688. The smallest absolute Gasteiger partial charge is 0.308 e. The van der Waals surface area contributed by atoms with Gasteiger partial charge in [0, 0.05) is 12.1 Å². The van der Waals surface area contributed by atoms with Crippen molar-refractivity contribution in [3.05, 3.63) is 0 Å². The number of carbonyl (C=O) groups is 1. The number of carboxylic acid groups (broad SMARTS) is 1. The van der Waals surface area contributed by atoms with Gasteiger partial charge in [-0.15, -0.1) is 0 Å². The van der Waals surface area contributed by atoms with Gasteiger partial charge in [-0.25, -0.2) is 0 Å². The Morgan fingerprint density at radius 1 is 1.11 bits per heavy atom. The van der Waals surface area contributed by atoms with Crippen LogP contribution in [0.3, 0.4) is 0 Å². The van der Waals surface area contributed by atoms with Gasteiger partial charge in [0.1, 0.15) is 0 Å². The third-order valence-electron chi connectivity index (χ3n) is 4.60. The Labute approximate surface area is 110 Å². The normalized spacial score (nSPS) is 34.9. The quantitative estimate of drug-likeness (QED) is 0.812. The number of nitrogens with one attached hydrogen (secondary N) is 1. The fourth-order valence-electron chi connectivity index (χ4n) is 4.26. The van der Waals surface area contributed by atoms with Crippen LogP contribution in [0.1, 0.15) is 59.8 Å². The molecule has 2 fully saturated rings. The van der Waals surface area contributed by atoms with Crippen LogP contribution < -0.4 is 5.32 Å². The molecule has 3 nitrogen and oxygen atoms in total. The maximum atomic E-state index is 11.0. The summed E-state index contributed by atoms with van der Waals surface area (Å²) in [5, 5.41) is 12.7. The Balaban J connectivity index is 1.95. The van der Waals surface area contributed by atoms with Gasteiger partial charge in [0.15, 0.2) is 0 Å². The largest absolute Gasteiger partial charge is 0.481 e. The molecule has 2 rings (SSSR count). The Bertz CT molecular complexity index is 319. The Morgan fingerprint density at radius 2 is 1.67 bits per heavy atom. The molecule has 2 saturated carbocycles. The highest BCUT2D eigenvalue weighted by Crippen LogP contribution is 2.46. The summed E-state index contributed by atoms with van der Waals surface area (Å²) < 4.78 is 0. The van der Waals surface area contributed by atoms with E-state index in [1.165, 1.54) is 19.3 Å². The van der Waals surface area contributed by atoms with E-state index < -0.39 is 5.97 Å². The van der Waals surface area contributed by atoms with Gasteiger partial charge >= 0.3 is 5.97 Å². The summed E-state index contributed by atoms with van der Waals surface area (Å²) in [7, 11) is 0. The molecule has 0 heterocycles.